The van der Waals surface area contributed by atoms with E-state index < -0.39 is 34.4 Å². The maximum absolute atomic E-state index is 13.4. The Morgan fingerprint density at radius 1 is 1.06 bits per heavy atom. The van der Waals surface area contributed by atoms with Crippen molar-refractivity contribution in [1.82, 2.24) is 10.2 Å². The number of nitrogens with zero attached hydrogens (tertiary/aromatic N) is 2. The zero-order valence-electron chi connectivity index (χ0n) is 17.8. The zero-order valence-corrected chi connectivity index (χ0v) is 20.9. The number of sulfonamides is 1. The van der Waals surface area contributed by atoms with Gasteiger partial charge in [-0.25, -0.2) is 8.42 Å². The zero-order chi connectivity index (χ0) is 24.1. The van der Waals surface area contributed by atoms with Crippen molar-refractivity contribution < 1.29 is 18.0 Å². The first-order valence-electron chi connectivity index (χ1n) is 9.66. The van der Waals surface area contributed by atoms with Crippen LogP contribution in [0.15, 0.2) is 42.5 Å². The van der Waals surface area contributed by atoms with Crippen molar-refractivity contribution in [3.05, 3.63) is 63.1 Å². The molecule has 0 aliphatic carbocycles. The Labute approximate surface area is 203 Å². The molecule has 0 bridgehead atoms. The van der Waals surface area contributed by atoms with Gasteiger partial charge < -0.3 is 10.2 Å². The number of halogens is 3. The number of anilines is 1. The van der Waals surface area contributed by atoms with Crippen LogP contribution in [0, 0.1) is 0 Å². The molecule has 0 fully saturated rings. The minimum Gasteiger partial charge on any atom is -0.357 e. The Bertz CT molecular complexity index is 1080. The summed E-state index contributed by atoms with van der Waals surface area (Å²) in [5.74, 6) is -0.987. The number of hydrogen-bond acceptors (Lipinski definition) is 4. The Kier molecular flexibility index (Phi) is 9.21. The molecule has 0 aliphatic rings. The Morgan fingerprint density at radius 2 is 1.66 bits per heavy atom. The van der Waals surface area contributed by atoms with Crippen molar-refractivity contribution in [1.29, 1.82) is 0 Å². The second kappa shape index (κ2) is 11.2. The molecule has 0 spiro atoms. The van der Waals surface area contributed by atoms with Crippen LogP contribution in [0.25, 0.3) is 0 Å². The van der Waals surface area contributed by atoms with E-state index in [1.54, 1.807) is 37.3 Å². The van der Waals surface area contributed by atoms with Gasteiger partial charge in [-0.1, -0.05) is 53.9 Å². The summed E-state index contributed by atoms with van der Waals surface area (Å²) in [5.41, 5.74) is 0.692. The third-order valence-electron chi connectivity index (χ3n) is 4.80. The van der Waals surface area contributed by atoms with Gasteiger partial charge in [-0.15, -0.1) is 0 Å². The van der Waals surface area contributed by atoms with Gasteiger partial charge in [-0.3, -0.25) is 13.9 Å². The lowest BCUT2D eigenvalue weighted by molar-refractivity contribution is -0.140. The SMILES string of the molecule is CC[C@@H](C(=O)NC)N(Cc1c(Cl)cccc1Cl)C(=O)CN(c1cccc(Cl)c1)S(C)(=O)=O. The van der Waals surface area contributed by atoms with Crippen LogP contribution in [0.3, 0.4) is 0 Å². The lowest BCUT2D eigenvalue weighted by Crippen LogP contribution is -2.51. The summed E-state index contributed by atoms with van der Waals surface area (Å²) in [6.45, 7) is 1.14. The molecule has 2 aromatic carbocycles. The normalized spacial score (nSPS) is 12.2. The molecule has 7 nitrogen and oxygen atoms in total. The number of nitrogens with one attached hydrogen (secondary N) is 1. The number of benzene rings is 2. The Morgan fingerprint density at radius 3 is 2.16 bits per heavy atom. The molecule has 0 saturated heterocycles. The van der Waals surface area contributed by atoms with E-state index in [4.69, 9.17) is 34.8 Å². The minimum atomic E-state index is -3.84. The molecule has 174 valence electrons. The predicted molar refractivity (Wildman–Crippen MR) is 129 cm³/mol. The smallest absolute Gasteiger partial charge is 0.244 e. The van der Waals surface area contributed by atoms with Crippen LogP contribution >= 0.6 is 34.8 Å². The third kappa shape index (κ3) is 6.51. The molecule has 0 aromatic heterocycles. The molecule has 0 heterocycles. The maximum Gasteiger partial charge on any atom is 0.244 e. The largest absolute Gasteiger partial charge is 0.357 e. The molecular weight excluding hydrogens is 497 g/mol. The Hall–Kier alpha value is -2.00. The lowest BCUT2D eigenvalue weighted by atomic mass is 10.1. The monoisotopic (exact) mass is 519 g/mol. The van der Waals surface area contributed by atoms with Crippen molar-refractivity contribution in [2.45, 2.75) is 25.9 Å². The number of amides is 2. The van der Waals surface area contributed by atoms with Gasteiger partial charge in [0.05, 0.1) is 11.9 Å². The Balaban J connectivity index is 2.49. The summed E-state index contributed by atoms with van der Waals surface area (Å²) >= 11 is 18.6. The second-order valence-electron chi connectivity index (χ2n) is 7.01. The first-order chi connectivity index (χ1) is 15.0. The number of hydrogen-bond donors (Lipinski definition) is 1. The summed E-state index contributed by atoms with van der Waals surface area (Å²) in [7, 11) is -2.37. The molecule has 32 heavy (non-hydrogen) atoms. The number of rotatable bonds is 9. The molecule has 11 heteroatoms. The van der Waals surface area contributed by atoms with E-state index >= 15 is 0 Å². The van der Waals surface area contributed by atoms with Crippen LogP contribution in [-0.4, -0.2) is 51.0 Å². The molecule has 1 atom stereocenters. The van der Waals surface area contributed by atoms with Crippen molar-refractivity contribution in [2.75, 3.05) is 24.2 Å². The van der Waals surface area contributed by atoms with Gasteiger partial charge in [0.25, 0.3) is 0 Å². The highest BCUT2D eigenvalue weighted by Gasteiger charge is 2.32. The highest BCUT2D eigenvalue weighted by Crippen LogP contribution is 2.28. The van der Waals surface area contributed by atoms with Gasteiger partial charge in [-0.2, -0.15) is 0 Å². The van der Waals surface area contributed by atoms with E-state index in [2.05, 4.69) is 5.32 Å². The van der Waals surface area contributed by atoms with Crippen LogP contribution in [0.1, 0.15) is 18.9 Å². The summed E-state index contributed by atoms with van der Waals surface area (Å²) in [4.78, 5) is 27.2. The van der Waals surface area contributed by atoms with Crippen LogP contribution in [0.5, 0.6) is 0 Å². The van der Waals surface area contributed by atoms with Gasteiger partial charge in [0, 0.05) is 34.2 Å². The van der Waals surface area contributed by atoms with E-state index in [0.717, 1.165) is 10.6 Å². The third-order valence-corrected chi connectivity index (χ3v) is 6.88. The second-order valence-corrected chi connectivity index (χ2v) is 10.2. The molecule has 2 amide bonds. The minimum absolute atomic E-state index is 0.0730. The summed E-state index contributed by atoms with van der Waals surface area (Å²) in [6.07, 6.45) is 1.29. The van der Waals surface area contributed by atoms with E-state index in [1.807, 2.05) is 0 Å². The van der Waals surface area contributed by atoms with Gasteiger partial charge in [0.1, 0.15) is 12.6 Å². The van der Waals surface area contributed by atoms with Gasteiger partial charge in [0.2, 0.25) is 21.8 Å². The molecule has 0 aliphatic heterocycles. The maximum atomic E-state index is 13.4. The molecule has 2 aromatic rings. The predicted octanol–water partition coefficient (Wildman–Crippen LogP) is 3.97. The van der Waals surface area contributed by atoms with Gasteiger partial charge >= 0.3 is 0 Å². The fraction of sp³-hybridized carbons (Fsp3) is 0.333. The fourth-order valence-corrected chi connectivity index (χ4v) is 4.73. The number of likely N-dealkylation sites (N-methyl/N-ethyl adjacent to an activating group) is 1. The number of carbonyl (C=O) groups is 2. The topological polar surface area (TPSA) is 86.8 Å². The van der Waals surface area contributed by atoms with E-state index in [9.17, 15) is 18.0 Å². The first kappa shape index (κ1) is 26.3. The van der Waals surface area contributed by atoms with Crippen LogP contribution < -0.4 is 9.62 Å². The average molecular weight is 521 g/mol. The van der Waals surface area contributed by atoms with Gasteiger partial charge in [-0.05, 0) is 36.8 Å². The highest BCUT2D eigenvalue weighted by atomic mass is 35.5. The molecular formula is C21H24Cl3N3O4S. The molecule has 0 saturated carbocycles. The molecule has 0 unspecified atom stereocenters. The van der Waals surface area contributed by atoms with Crippen molar-refractivity contribution in [2.24, 2.45) is 0 Å². The van der Waals surface area contributed by atoms with Crippen LogP contribution in [-0.2, 0) is 26.2 Å². The standard InChI is InChI=1S/C21H24Cl3N3O4S/c1-4-19(21(29)25-2)26(12-16-17(23)9-6-10-18(16)24)20(28)13-27(32(3,30)31)15-8-5-7-14(22)11-15/h5-11,19H,4,12-13H2,1-3H3,(H,25,29)/t19-/m0/s1. The van der Waals surface area contributed by atoms with E-state index in [1.165, 1.54) is 24.1 Å². The van der Waals surface area contributed by atoms with Crippen molar-refractivity contribution >= 4 is 62.3 Å². The van der Waals surface area contributed by atoms with E-state index in [0.29, 0.717) is 27.1 Å². The molecule has 1 N–H and O–H groups in total. The lowest BCUT2D eigenvalue weighted by Gasteiger charge is -2.33. The van der Waals surface area contributed by atoms with E-state index in [-0.39, 0.29) is 12.2 Å². The first-order valence-corrected chi connectivity index (χ1v) is 12.6. The van der Waals surface area contributed by atoms with Gasteiger partial charge in [0.15, 0.2) is 0 Å². The quantitative estimate of drug-likeness (QED) is 0.542. The molecule has 2 rings (SSSR count). The van der Waals surface area contributed by atoms with Crippen molar-refractivity contribution in [3.63, 3.8) is 0 Å². The summed E-state index contributed by atoms with van der Waals surface area (Å²) in [6, 6.07) is 10.2. The fourth-order valence-electron chi connectivity index (χ4n) is 3.18. The van der Waals surface area contributed by atoms with Crippen LogP contribution in [0.4, 0.5) is 5.69 Å². The summed E-state index contributed by atoms with van der Waals surface area (Å²) < 4.78 is 25.9. The average Bonchev–Trinajstić information content (AvgIpc) is 2.72. The van der Waals surface area contributed by atoms with Crippen molar-refractivity contribution in [3.8, 4) is 0 Å². The highest BCUT2D eigenvalue weighted by molar-refractivity contribution is 7.92. The summed E-state index contributed by atoms with van der Waals surface area (Å²) in [5, 5.41) is 3.52. The number of carbonyl (C=O) groups excluding carboxylic acids is 2. The molecule has 0 radical (unpaired) electrons. The van der Waals surface area contributed by atoms with Crippen LogP contribution in [0.2, 0.25) is 15.1 Å².